The number of rotatable bonds is 3. The predicted molar refractivity (Wildman–Crippen MR) is 63.4 cm³/mol. The van der Waals surface area contributed by atoms with Crippen molar-refractivity contribution < 1.29 is 4.39 Å². The Morgan fingerprint density at radius 1 is 1.41 bits per heavy atom. The van der Waals surface area contributed by atoms with Crippen molar-refractivity contribution in [3.05, 3.63) is 51.7 Å². The van der Waals surface area contributed by atoms with Crippen LogP contribution < -0.4 is 5.56 Å². The number of benzene rings is 1. The van der Waals surface area contributed by atoms with Crippen LogP contribution in [0.2, 0.25) is 0 Å². The van der Waals surface area contributed by atoms with Crippen molar-refractivity contribution in [3.8, 4) is 0 Å². The monoisotopic (exact) mass is 251 g/mol. The maximum absolute atomic E-state index is 12.9. The number of halogens is 1. The first-order chi connectivity index (χ1) is 8.15. The van der Waals surface area contributed by atoms with Crippen LogP contribution in [0.4, 0.5) is 4.39 Å². The second-order valence-electron chi connectivity index (χ2n) is 3.46. The summed E-state index contributed by atoms with van der Waals surface area (Å²) < 4.78 is 12.9. The van der Waals surface area contributed by atoms with Gasteiger partial charge in [0.1, 0.15) is 11.5 Å². The van der Waals surface area contributed by atoms with Crippen LogP contribution in [0, 0.1) is 12.7 Å². The highest BCUT2D eigenvalue weighted by Gasteiger charge is 2.02. The van der Waals surface area contributed by atoms with Crippen LogP contribution in [0.15, 0.2) is 34.2 Å². The molecular weight excluding hydrogens is 241 g/mol. The number of hydrogen-bond acceptors (Lipinski definition) is 4. The molecule has 0 atom stereocenters. The lowest BCUT2D eigenvalue weighted by Gasteiger charge is -2.00. The molecule has 1 N–H and O–H groups in total. The van der Waals surface area contributed by atoms with E-state index in [0.717, 1.165) is 5.56 Å². The van der Waals surface area contributed by atoms with E-state index in [2.05, 4.69) is 15.2 Å². The summed E-state index contributed by atoms with van der Waals surface area (Å²) in [6.45, 7) is 1.59. The first-order valence-electron chi connectivity index (χ1n) is 4.96. The molecule has 0 saturated heterocycles. The van der Waals surface area contributed by atoms with Crippen molar-refractivity contribution in [1.82, 2.24) is 15.2 Å². The van der Waals surface area contributed by atoms with Gasteiger partial charge in [0.05, 0.1) is 0 Å². The summed E-state index contributed by atoms with van der Waals surface area (Å²) in [5.74, 6) is 0.261. The molecule has 2 aromatic rings. The van der Waals surface area contributed by atoms with E-state index >= 15 is 0 Å². The van der Waals surface area contributed by atoms with E-state index in [4.69, 9.17) is 0 Å². The summed E-state index contributed by atoms with van der Waals surface area (Å²) in [6.07, 6.45) is 0. The molecule has 0 aliphatic carbocycles. The summed E-state index contributed by atoms with van der Waals surface area (Å²) in [5.41, 5.74) is 0.917. The van der Waals surface area contributed by atoms with Crippen LogP contribution in [0.5, 0.6) is 0 Å². The first kappa shape index (κ1) is 11.8. The van der Waals surface area contributed by atoms with Gasteiger partial charge < -0.3 is 0 Å². The fourth-order valence-electron chi connectivity index (χ4n) is 1.22. The van der Waals surface area contributed by atoms with Crippen LogP contribution in [-0.2, 0) is 5.75 Å². The maximum Gasteiger partial charge on any atom is 0.273 e. The van der Waals surface area contributed by atoms with Gasteiger partial charge in [0.15, 0.2) is 5.16 Å². The molecule has 0 unspecified atom stereocenters. The number of hydrogen-bond donors (Lipinski definition) is 1. The van der Waals surface area contributed by atoms with E-state index in [1.54, 1.807) is 13.0 Å². The van der Waals surface area contributed by atoms with E-state index in [-0.39, 0.29) is 11.4 Å². The molecule has 88 valence electrons. The lowest BCUT2D eigenvalue weighted by molar-refractivity contribution is 0.626. The number of aryl methyl sites for hydroxylation is 1. The topological polar surface area (TPSA) is 58.6 Å². The van der Waals surface area contributed by atoms with Gasteiger partial charge in [-0.3, -0.25) is 9.78 Å². The van der Waals surface area contributed by atoms with E-state index in [0.29, 0.717) is 16.6 Å². The highest BCUT2D eigenvalue weighted by atomic mass is 32.2. The highest BCUT2D eigenvalue weighted by molar-refractivity contribution is 7.98. The molecule has 0 aliphatic rings. The summed E-state index contributed by atoms with van der Waals surface area (Å²) >= 11 is 1.31. The van der Waals surface area contributed by atoms with Crippen LogP contribution in [-0.4, -0.2) is 15.2 Å². The molecule has 1 heterocycles. The van der Waals surface area contributed by atoms with Gasteiger partial charge in [-0.1, -0.05) is 23.9 Å². The second kappa shape index (κ2) is 5.09. The molecule has 17 heavy (non-hydrogen) atoms. The SMILES string of the molecule is Cc1nnc(SCc2cccc(F)c2)[nH]c1=O. The Morgan fingerprint density at radius 2 is 2.24 bits per heavy atom. The van der Waals surface area contributed by atoms with Crippen molar-refractivity contribution in [2.75, 3.05) is 0 Å². The molecule has 0 radical (unpaired) electrons. The predicted octanol–water partition coefficient (Wildman–Crippen LogP) is 1.90. The molecule has 1 aromatic carbocycles. The van der Waals surface area contributed by atoms with Crippen molar-refractivity contribution in [3.63, 3.8) is 0 Å². The lowest BCUT2D eigenvalue weighted by Crippen LogP contribution is -2.14. The quantitative estimate of drug-likeness (QED) is 0.846. The number of nitrogens with zero attached hydrogens (tertiary/aromatic N) is 2. The van der Waals surface area contributed by atoms with Crippen molar-refractivity contribution in [2.24, 2.45) is 0 Å². The number of thioether (sulfide) groups is 1. The molecule has 0 amide bonds. The molecule has 0 fully saturated rings. The van der Waals surface area contributed by atoms with E-state index < -0.39 is 0 Å². The minimum Gasteiger partial charge on any atom is -0.298 e. The molecule has 4 nitrogen and oxygen atoms in total. The van der Waals surface area contributed by atoms with Crippen molar-refractivity contribution in [1.29, 1.82) is 0 Å². The average molecular weight is 251 g/mol. The molecule has 0 spiro atoms. The molecule has 2 rings (SSSR count). The second-order valence-corrected chi connectivity index (χ2v) is 4.43. The lowest BCUT2D eigenvalue weighted by atomic mass is 10.2. The highest BCUT2D eigenvalue weighted by Crippen LogP contribution is 2.17. The Hall–Kier alpha value is -1.69. The van der Waals surface area contributed by atoms with Crippen LogP contribution in [0.25, 0.3) is 0 Å². The number of aromatic amines is 1. The molecule has 1 aromatic heterocycles. The zero-order chi connectivity index (χ0) is 12.3. The fraction of sp³-hybridized carbons (Fsp3) is 0.182. The van der Waals surface area contributed by atoms with Crippen LogP contribution in [0.1, 0.15) is 11.3 Å². The minimum absolute atomic E-state index is 0.248. The fourth-order valence-corrected chi connectivity index (χ4v) is 1.97. The largest absolute Gasteiger partial charge is 0.298 e. The summed E-state index contributed by atoms with van der Waals surface area (Å²) in [6, 6.07) is 6.30. The molecule has 0 aliphatic heterocycles. The van der Waals surface area contributed by atoms with Gasteiger partial charge in [0.2, 0.25) is 0 Å². The number of nitrogens with one attached hydrogen (secondary N) is 1. The molecule has 0 saturated carbocycles. The normalized spacial score (nSPS) is 10.5. The first-order valence-corrected chi connectivity index (χ1v) is 5.94. The minimum atomic E-state index is -0.272. The Morgan fingerprint density at radius 3 is 2.94 bits per heavy atom. The third-order valence-electron chi connectivity index (χ3n) is 2.10. The summed E-state index contributed by atoms with van der Waals surface area (Å²) in [4.78, 5) is 13.9. The van der Waals surface area contributed by atoms with Crippen LogP contribution in [0.3, 0.4) is 0 Å². The average Bonchev–Trinajstić information content (AvgIpc) is 2.31. The van der Waals surface area contributed by atoms with Crippen LogP contribution >= 0.6 is 11.8 Å². The maximum atomic E-state index is 12.9. The summed E-state index contributed by atoms with van der Waals surface area (Å²) in [5, 5.41) is 8.00. The van der Waals surface area contributed by atoms with Gasteiger partial charge in [-0.15, -0.1) is 10.2 Å². The van der Waals surface area contributed by atoms with Gasteiger partial charge in [-0.25, -0.2) is 4.39 Å². The van der Waals surface area contributed by atoms with Crippen molar-refractivity contribution in [2.45, 2.75) is 17.8 Å². The van der Waals surface area contributed by atoms with Gasteiger partial charge in [0.25, 0.3) is 5.56 Å². The van der Waals surface area contributed by atoms with Gasteiger partial charge in [-0.2, -0.15) is 0 Å². The van der Waals surface area contributed by atoms with Gasteiger partial charge in [-0.05, 0) is 24.6 Å². The number of H-pyrrole nitrogens is 1. The zero-order valence-electron chi connectivity index (χ0n) is 9.11. The standard InChI is InChI=1S/C11H10FN3OS/c1-7-10(16)13-11(15-14-7)17-6-8-3-2-4-9(12)5-8/h2-5H,6H2,1H3,(H,13,15,16). The Labute approximate surface area is 101 Å². The third kappa shape index (κ3) is 3.13. The van der Waals surface area contributed by atoms with E-state index in [9.17, 15) is 9.18 Å². The Balaban J connectivity index is 2.07. The smallest absolute Gasteiger partial charge is 0.273 e. The van der Waals surface area contributed by atoms with E-state index in [1.165, 1.54) is 23.9 Å². The number of aromatic nitrogens is 3. The van der Waals surface area contributed by atoms with Gasteiger partial charge >= 0.3 is 0 Å². The summed E-state index contributed by atoms with van der Waals surface area (Å²) in [7, 11) is 0. The van der Waals surface area contributed by atoms with Crippen molar-refractivity contribution >= 4 is 11.8 Å². The Bertz CT molecular complexity index is 585. The Kier molecular flexibility index (Phi) is 3.53. The molecule has 0 bridgehead atoms. The molecular formula is C11H10FN3OS. The van der Waals surface area contributed by atoms with Gasteiger partial charge in [0, 0.05) is 5.75 Å². The zero-order valence-corrected chi connectivity index (χ0v) is 9.92. The third-order valence-corrected chi connectivity index (χ3v) is 3.04. The molecule has 6 heteroatoms. The van der Waals surface area contributed by atoms with E-state index in [1.807, 2.05) is 6.07 Å².